The van der Waals surface area contributed by atoms with Crippen LogP contribution in [0.15, 0.2) is 18.5 Å². The number of rotatable bonds is 2. The van der Waals surface area contributed by atoms with Crippen molar-refractivity contribution in [2.24, 2.45) is 11.8 Å². The van der Waals surface area contributed by atoms with Gasteiger partial charge in [-0.2, -0.15) is 20.1 Å². The van der Waals surface area contributed by atoms with Gasteiger partial charge in [0.2, 0.25) is 11.9 Å². The molecule has 0 radical (unpaired) electrons. The summed E-state index contributed by atoms with van der Waals surface area (Å²) in [6.07, 6.45) is 4.71. The maximum absolute atomic E-state index is 5.86. The molecule has 1 aliphatic rings. The molecule has 3 unspecified atom stereocenters. The molecule has 112 valence electrons. The fourth-order valence-corrected chi connectivity index (χ4v) is 2.97. The van der Waals surface area contributed by atoms with Crippen molar-refractivity contribution in [3.8, 4) is 5.95 Å². The quantitative estimate of drug-likeness (QED) is 0.901. The minimum atomic E-state index is 0.226. The normalized spacial score (nSPS) is 26.0. The van der Waals surface area contributed by atoms with Crippen molar-refractivity contribution in [3.05, 3.63) is 18.5 Å². The Morgan fingerprint density at radius 2 is 1.90 bits per heavy atom. The predicted molar refractivity (Wildman–Crippen MR) is 81.1 cm³/mol. The van der Waals surface area contributed by atoms with Crippen LogP contribution in [0.2, 0.25) is 0 Å². The SMILES string of the molecule is CC1CC(C)C(C)N(c2nc(N)nc(-n3cccn3)n2)C1. The molecule has 7 heteroatoms. The number of nitrogens with two attached hydrogens (primary N) is 1. The zero-order chi connectivity index (χ0) is 15.0. The first kappa shape index (κ1) is 13.8. The van der Waals surface area contributed by atoms with Gasteiger partial charge in [0.05, 0.1) is 0 Å². The van der Waals surface area contributed by atoms with Gasteiger partial charge in [0.15, 0.2) is 0 Å². The maximum Gasteiger partial charge on any atom is 0.257 e. The van der Waals surface area contributed by atoms with Crippen LogP contribution >= 0.6 is 0 Å². The largest absolute Gasteiger partial charge is 0.368 e. The highest BCUT2D eigenvalue weighted by Crippen LogP contribution is 2.29. The minimum Gasteiger partial charge on any atom is -0.368 e. The van der Waals surface area contributed by atoms with Gasteiger partial charge in [-0.1, -0.05) is 13.8 Å². The first-order chi connectivity index (χ1) is 10.0. The third kappa shape index (κ3) is 2.68. The molecule has 3 rings (SSSR count). The zero-order valence-electron chi connectivity index (χ0n) is 12.6. The van der Waals surface area contributed by atoms with Gasteiger partial charge >= 0.3 is 0 Å². The molecular weight excluding hydrogens is 266 g/mol. The van der Waals surface area contributed by atoms with Gasteiger partial charge in [-0.25, -0.2) is 4.68 Å². The number of piperidine rings is 1. The molecule has 0 aromatic carbocycles. The molecule has 2 aromatic rings. The Labute approximate surface area is 124 Å². The average Bonchev–Trinajstić information content (AvgIpc) is 2.96. The van der Waals surface area contributed by atoms with Gasteiger partial charge in [-0.15, -0.1) is 0 Å². The average molecular weight is 287 g/mol. The summed E-state index contributed by atoms with van der Waals surface area (Å²) in [5, 5.41) is 4.15. The molecule has 3 heterocycles. The lowest BCUT2D eigenvalue weighted by molar-refractivity contribution is 0.293. The number of hydrogen-bond donors (Lipinski definition) is 1. The summed E-state index contributed by atoms with van der Waals surface area (Å²) >= 11 is 0. The first-order valence-electron chi connectivity index (χ1n) is 7.33. The van der Waals surface area contributed by atoms with Crippen molar-refractivity contribution in [1.82, 2.24) is 24.7 Å². The van der Waals surface area contributed by atoms with E-state index in [1.807, 2.05) is 6.07 Å². The minimum absolute atomic E-state index is 0.226. The highest BCUT2D eigenvalue weighted by molar-refractivity contribution is 5.39. The molecule has 2 aromatic heterocycles. The van der Waals surface area contributed by atoms with Crippen LogP contribution in [0.25, 0.3) is 5.95 Å². The van der Waals surface area contributed by atoms with Gasteiger partial charge < -0.3 is 10.6 Å². The Hall–Kier alpha value is -2.18. The Morgan fingerprint density at radius 1 is 1.14 bits per heavy atom. The highest BCUT2D eigenvalue weighted by Gasteiger charge is 2.31. The molecule has 1 aliphatic heterocycles. The van der Waals surface area contributed by atoms with Crippen molar-refractivity contribution in [3.63, 3.8) is 0 Å². The van der Waals surface area contributed by atoms with E-state index in [0.29, 0.717) is 29.8 Å². The van der Waals surface area contributed by atoms with Crippen molar-refractivity contribution in [2.75, 3.05) is 17.2 Å². The highest BCUT2D eigenvalue weighted by atomic mass is 15.4. The second kappa shape index (κ2) is 5.31. The lowest BCUT2D eigenvalue weighted by Crippen LogP contribution is -2.46. The van der Waals surface area contributed by atoms with Gasteiger partial charge in [-0.3, -0.25) is 0 Å². The molecule has 2 N–H and O–H groups in total. The third-order valence-electron chi connectivity index (χ3n) is 4.19. The van der Waals surface area contributed by atoms with E-state index >= 15 is 0 Å². The van der Waals surface area contributed by atoms with Crippen LogP contribution in [0.4, 0.5) is 11.9 Å². The van der Waals surface area contributed by atoms with E-state index < -0.39 is 0 Å². The molecular formula is C14H21N7. The van der Waals surface area contributed by atoms with Crippen molar-refractivity contribution in [2.45, 2.75) is 33.2 Å². The number of anilines is 2. The van der Waals surface area contributed by atoms with Crippen molar-refractivity contribution >= 4 is 11.9 Å². The van der Waals surface area contributed by atoms with E-state index in [0.717, 1.165) is 6.54 Å². The second-order valence-electron chi connectivity index (χ2n) is 5.96. The number of hydrogen-bond acceptors (Lipinski definition) is 6. The monoisotopic (exact) mass is 287 g/mol. The molecule has 0 spiro atoms. The molecule has 0 aliphatic carbocycles. The van der Waals surface area contributed by atoms with Crippen LogP contribution in [-0.4, -0.2) is 37.3 Å². The van der Waals surface area contributed by atoms with Crippen LogP contribution in [0.3, 0.4) is 0 Å². The van der Waals surface area contributed by atoms with Gasteiger partial charge in [0.25, 0.3) is 5.95 Å². The van der Waals surface area contributed by atoms with E-state index in [9.17, 15) is 0 Å². The summed E-state index contributed by atoms with van der Waals surface area (Å²) in [6.45, 7) is 7.68. The molecule has 7 nitrogen and oxygen atoms in total. The topological polar surface area (TPSA) is 85.8 Å². The van der Waals surface area contributed by atoms with Gasteiger partial charge in [-0.05, 0) is 31.2 Å². The van der Waals surface area contributed by atoms with Crippen LogP contribution < -0.4 is 10.6 Å². The lowest BCUT2D eigenvalue weighted by Gasteiger charge is -2.41. The second-order valence-corrected chi connectivity index (χ2v) is 5.96. The van der Waals surface area contributed by atoms with E-state index in [1.165, 1.54) is 6.42 Å². The molecule has 0 saturated carbocycles. The molecule has 0 bridgehead atoms. The Kier molecular flexibility index (Phi) is 3.48. The van der Waals surface area contributed by atoms with E-state index in [2.05, 4.69) is 45.7 Å². The van der Waals surface area contributed by atoms with Crippen LogP contribution in [0.5, 0.6) is 0 Å². The van der Waals surface area contributed by atoms with Crippen LogP contribution in [-0.2, 0) is 0 Å². The van der Waals surface area contributed by atoms with Crippen LogP contribution in [0.1, 0.15) is 27.2 Å². The standard InChI is InChI=1S/C14H21N7/c1-9-7-10(2)11(3)20(8-9)13-17-12(15)18-14(19-13)21-6-4-5-16-21/h4-6,9-11H,7-8H2,1-3H3,(H2,15,17,18,19). The van der Waals surface area contributed by atoms with Gasteiger partial charge in [0.1, 0.15) is 0 Å². The van der Waals surface area contributed by atoms with Crippen LogP contribution in [0, 0.1) is 11.8 Å². The Morgan fingerprint density at radius 3 is 2.62 bits per heavy atom. The van der Waals surface area contributed by atoms with E-state index in [4.69, 9.17) is 5.73 Å². The van der Waals surface area contributed by atoms with Gasteiger partial charge in [0, 0.05) is 25.0 Å². The maximum atomic E-state index is 5.86. The summed E-state index contributed by atoms with van der Waals surface area (Å²) in [7, 11) is 0. The fraction of sp³-hybridized carbons (Fsp3) is 0.571. The smallest absolute Gasteiger partial charge is 0.257 e. The summed E-state index contributed by atoms with van der Waals surface area (Å²) in [5.74, 6) is 2.53. The van der Waals surface area contributed by atoms with E-state index in [-0.39, 0.29) is 5.95 Å². The van der Waals surface area contributed by atoms with Crippen molar-refractivity contribution < 1.29 is 0 Å². The molecule has 1 fully saturated rings. The first-order valence-corrected chi connectivity index (χ1v) is 7.33. The molecule has 3 atom stereocenters. The summed E-state index contributed by atoms with van der Waals surface area (Å²) in [6, 6.07) is 2.21. The third-order valence-corrected chi connectivity index (χ3v) is 4.19. The Bertz CT molecular complexity index is 610. The van der Waals surface area contributed by atoms with Crippen molar-refractivity contribution in [1.29, 1.82) is 0 Å². The number of nitrogens with zero attached hydrogens (tertiary/aromatic N) is 6. The predicted octanol–water partition coefficient (Wildman–Crippen LogP) is 1.51. The molecule has 1 saturated heterocycles. The molecule has 0 amide bonds. The lowest BCUT2D eigenvalue weighted by atomic mass is 9.86. The summed E-state index contributed by atoms with van der Waals surface area (Å²) < 4.78 is 1.60. The molecule has 21 heavy (non-hydrogen) atoms. The zero-order valence-corrected chi connectivity index (χ0v) is 12.6. The summed E-state index contributed by atoms with van der Waals surface area (Å²) in [4.78, 5) is 15.3. The summed E-state index contributed by atoms with van der Waals surface area (Å²) in [5.41, 5.74) is 5.86. The fourth-order valence-electron chi connectivity index (χ4n) is 2.97. The van der Waals surface area contributed by atoms with E-state index in [1.54, 1.807) is 17.1 Å². The Balaban J connectivity index is 1.98. The number of aromatic nitrogens is 5. The number of nitrogen functional groups attached to an aromatic ring is 1.